The number of hydrogen-bond acceptors (Lipinski definition) is 4. The first kappa shape index (κ1) is 14.3. The first-order chi connectivity index (χ1) is 10.1. The predicted molar refractivity (Wildman–Crippen MR) is 77.3 cm³/mol. The van der Waals surface area contributed by atoms with Gasteiger partial charge in [0, 0.05) is 18.5 Å². The van der Waals surface area contributed by atoms with Crippen LogP contribution in [0.15, 0.2) is 4.79 Å². The van der Waals surface area contributed by atoms with E-state index in [0.29, 0.717) is 17.4 Å². The van der Waals surface area contributed by atoms with Gasteiger partial charge in [0.05, 0.1) is 12.3 Å². The Morgan fingerprint density at radius 1 is 1.38 bits per heavy atom. The van der Waals surface area contributed by atoms with E-state index in [-0.39, 0.29) is 36.2 Å². The Morgan fingerprint density at radius 3 is 2.57 bits per heavy atom. The van der Waals surface area contributed by atoms with Crippen molar-refractivity contribution in [2.45, 2.75) is 51.0 Å². The van der Waals surface area contributed by atoms with E-state index in [1.54, 1.807) is 11.8 Å². The summed E-state index contributed by atoms with van der Waals surface area (Å²) in [6.45, 7) is 1.89. The zero-order valence-corrected chi connectivity index (χ0v) is 12.3. The molecule has 0 radical (unpaired) electrons. The fourth-order valence-corrected chi connectivity index (χ4v) is 2.81. The van der Waals surface area contributed by atoms with E-state index in [1.165, 1.54) is 0 Å². The first-order valence-electron chi connectivity index (χ1n) is 7.64. The number of aryl methyl sites for hydroxylation is 1. The van der Waals surface area contributed by atoms with E-state index < -0.39 is 0 Å². The fraction of sp³-hybridized carbons (Fsp3) is 0.667. The molecule has 1 aromatic heterocycles. The molecule has 0 atom stereocenters. The number of aliphatic hydroxyl groups excluding tert-OH is 1. The summed E-state index contributed by atoms with van der Waals surface area (Å²) < 4.78 is 0. The SMILES string of the molecule is Cc1nc(C2CC2)[nH]c(=O)c1C(=O)N(CCO)C1CCC1. The lowest BCUT2D eigenvalue weighted by Crippen LogP contribution is -2.47. The lowest BCUT2D eigenvalue weighted by molar-refractivity contribution is 0.0522. The number of amides is 1. The van der Waals surface area contributed by atoms with E-state index in [0.717, 1.165) is 32.1 Å². The second-order valence-electron chi connectivity index (χ2n) is 5.99. The molecule has 0 bridgehead atoms. The Morgan fingerprint density at radius 2 is 2.10 bits per heavy atom. The first-order valence-corrected chi connectivity index (χ1v) is 7.64. The molecule has 21 heavy (non-hydrogen) atoms. The molecule has 0 saturated heterocycles. The van der Waals surface area contributed by atoms with E-state index >= 15 is 0 Å². The van der Waals surface area contributed by atoms with Gasteiger partial charge in [0.2, 0.25) is 0 Å². The molecule has 2 N–H and O–H groups in total. The van der Waals surface area contributed by atoms with Gasteiger partial charge in [-0.1, -0.05) is 0 Å². The van der Waals surface area contributed by atoms with Crippen LogP contribution in [-0.2, 0) is 0 Å². The second kappa shape index (κ2) is 5.60. The molecule has 0 aromatic carbocycles. The lowest BCUT2D eigenvalue weighted by atomic mass is 9.91. The number of aromatic amines is 1. The molecule has 0 unspecified atom stereocenters. The molecular weight excluding hydrogens is 270 g/mol. The summed E-state index contributed by atoms with van der Waals surface area (Å²) in [6, 6.07) is 0.145. The standard InChI is InChI=1S/C15H21N3O3/c1-9-12(14(20)17-13(16-9)10-5-6-10)15(21)18(7-8-19)11-3-2-4-11/h10-11,19H,2-8H2,1H3,(H,16,17,20). The Labute approximate surface area is 123 Å². The molecule has 2 aliphatic carbocycles. The van der Waals surface area contributed by atoms with Crippen LogP contribution in [0.25, 0.3) is 0 Å². The second-order valence-corrected chi connectivity index (χ2v) is 5.99. The van der Waals surface area contributed by atoms with Gasteiger partial charge < -0.3 is 15.0 Å². The highest BCUT2D eigenvalue weighted by atomic mass is 16.3. The van der Waals surface area contributed by atoms with Crippen molar-refractivity contribution in [3.05, 3.63) is 27.4 Å². The van der Waals surface area contributed by atoms with Crippen LogP contribution in [0.1, 0.15) is 59.9 Å². The van der Waals surface area contributed by atoms with E-state index in [4.69, 9.17) is 5.11 Å². The number of hydrogen-bond donors (Lipinski definition) is 2. The number of H-pyrrole nitrogens is 1. The van der Waals surface area contributed by atoms with Crippen molar-refractivity contribution in [2.75, 3.05) is 13.2 Å². The summed E-state index contributed by atoms with van der Waals surface area (Å²) in [5.41, 5.74) is 0.268. The third-order valence-electron chi connectivity index (χ3n) is 4.41. The Bertz CT molecular complexity index is 603. The summed E-state index contributed by atoms with van der Waals surface area (Å²) >= 11 is 0. The van der Waals surface area contributed by atoms with Gasteiger partial charge in [0.25, 0.3) is 11.5 Å². The van der Waals surface area contributed by atoms with Crippen molar-refractivity contribution < 1.29 is 9.90 Å². The zero-order chi connectivity index (χ0) is 15.0. The van der Waals surface area contributed by atoms with Crippen LogP contribution in [0, 0.1) is 6.92 Å². The van der Waals surface area contributed by atoms with E-state index in [9.17, 15) is 9.59 Å². The van der Waals surface area contributed by atoms with Crippen LogP contribution >= 0.6 is 0 Å². The highest BCUT2D eigenvalue weighted by molar-refractivity contribution is 5.95. The Kier molecular flexibility index (Phi) is 3.80. The number of carbonyl (C=O) groups is 1. The number of carbonyl (C=O) groups excluding carboxylic acids is 1. The Balaban J connectivity index is 1.90. The van der Waals surface area contributed by atoms with Gasteiger partial charge in [0.1, 0.15) is 11.4 Å². The number of rotatable bonds is 5. The maximum atomic E-state index is 12.7. The van der Waals surface area contributed by atoms with E-state index in [2.05, 4.69) is 9.97 Å². The topological polar surface area (TPSA) is 86.3 Å². The molecule has 3 rings (SSSR count). The van der Waals surface area contributed by atoms with E-state index in [1.807, 2.05) is 0 Å². The van der Waals surface area contributed by atoms with Crippen molar-refractivity contribution in [1.82, 2.24) is 14.9 Å². The molecule has 6 heteroatoms. The Hall–Kier alpha value is -1.69. The smallest absolute Gasteiger partial charge is 0.264 e. The minimum absolute atomic E-state index is 0.0905. The molecule has 0 spiro atoms. The number of nitrogens with one attached hydrogen (secondary N) is 1. The minimum Gasteiger partial charge on any atom is -0.395 e. The maximum Gasteiger partial charge on any atom is 0.264 e. The van der Waals surface area contributed by atoms with Gasteiger partial charge >= 0.3 is 0 Å². The minimum atomic E-state index is -0.350. The summed E-state index contributed by atoms with van der Waals surface area (Å²) in [5, 5.41) is 9.17. The van der Waals surface area contributed by atoms with Gasteiger partial charge in [-0.05, 0) is 39.0 Å². The molecule has 1 heterocycles. The lowest BCUT2D eigenvalue weighted by Gasteiger charge is -2.37. The zero-order valence-electron chi connectivity index (χ0n) is 12.3. The third-order valence-corrected chi connectivity index (χ3v) is 4.41. The molecular formula is C15H21N3O3. The highest BCUT2D eigenvalue weighted by Crippen LogP contribution is 2.37. The number of aromatic nitrogens is 2. The number of nitrogens with zero attached hydrogens (tertiary/aromatic N) is 2. The van der Waals surface area contributed by atoms with Crippen LogP contribution in [0.3, 0.4) is 0 Å². The summed E-state index contributed by atoms with van der Waals surface area (Å²) in [7, 11) is 0. The molecule has 2 saturated carbocycles. The van der Waals surface area contributed by atoms with Gasteiger partial charge in [-0.25, -0.2) is 4.98 Å². The monoisotopic (exact) mass is 291 g/mol. The molecule has 2 fully saturated rings. The van der Waals surface area contributed by atoms with Crippen molar-refractivity contribution in [3.8, 4) is 0 Å². The van der Waals surface area contributed by atoms with Crippen LogP contribution in [0.5, 0.6) is 0 Å². The molecule has 1 aromatic rings. The summed E-state index contributed by atoms with van der Waals surface area (Å²) in [5.74, 6) is 0.745. The third kappa shape index (κ3) is 2.72. The van der Waals surface area contributed by atoms with Gasteiger partial charge in [-0.15, -0.1) is 0 Å². The van der Waals surface area contributed by atoms with Crippen LogP contribution in [-0.4, -0.2) is 45.1 Å². The average molecular weight is 291 g/mol. The number of aliphatic hydroxyl groups is 1. The fourth-order valence-electron chi connectivity index (χ4n) is 2.81. The van der Waals surface area contributed by atoms with Gasteiger partial charge in [-0.2, -0.15) is 0 Å². The quantitative estimate of drug-likeness (QED) is 0.845. The van der Waals surface area contributed by atoms with Gasteiger partial charge in [-0.3, -0.25) is 9.59 Å². The van der Waals surface area contributed by atoms with Crippen LogP contribution in [0.4, 0.5) is 0 Å². The molecule has 114 valence electrons. The molecule has 2 aliphatic rings. The summed E-state index contributed by atoms with van der Waals surface area (Å²) in [4.78, 5) is 33.7. The summed E-state index contributed by atoms with van der Waals surface area (Å²) in [6.07, 6.45) is 5.07. The van der Waals surface area contributed by atoms with Crippen molar-refractivity contribution >= 4 is 5.91 Å². The van der Waals surface area contributed by atoms with Crippen molar-refractivity contribution in [1.29, 1.82) is 0 Å². The largest absolute Gasteiger partial charge is 0.395 e. The highest BCUT2D eigenvalue weighted by Gasteiger charge is 2.33. The van der Waals surface area contributed by atoms with Gasteiger partial charge in [0.15, 0.2) is 0 Å². The maximum absolute atomic E-state index is 12.7. The van der Waals surface area contributed by atoms with Crippen LogP contribution < -0.4 is 5.56 Å². The molecule has 0 aliphatic heterocycles. The predicted octanol–water partition coefficient (Wildman–Crippen LogP) is 0.943. The van der Waals surface area contributed by atoms with Crippen LogP contribution in [0.2, 0.25) is 0 Å². The average Bonchev–Trinajstić information content (AvgIpc) is 3.19. The molecule has 6 nitrogen and oxygen atoms in total. The van der Waals surface area contributed by atoms with Crippen molar-refractivity contribution in [2.24, 2.45) is 0 Å². The normalized spacial score (nSPS) is 18.4. The van der Waals surface area contributed by atoms with Crippen molar-refractivity contribution in [3.63, 3.8) is 0 Å². The molecule has 1 amide bonds.